The Hall–Kier alpha value is -0.850. The standard InChI is InChI=1S/C13H21O6P/c1-4-20(14,5-2)19-13-12-18-11-10-17-9-8-16-7-6-15-3/h1-2H,6-13H2,3H3. The highest BCUT2D eigenvalue weighted by Gasteiger charge is 2.14. The summed E-state index contributed by atoms with van der Waals surface area (Å²) < 4.78 is 36.8. The van der Waals surface area contributed by atoms with E-state index in [-0.39, 0.29) is 13.2 Å². The minimum absolute atomic E-state index is 0.0891. The van der Waals surface area contributed by atoms with Crippen molar-refractivity contribution >= 4 is 7.37 Å². The topological polar surface area (TPSA) is 63.2 Å². The predicted molar refractivity (Wildman–Crippen MR) is 75.6 cm³/mol. The molecule has 0 aliphatic heterocycles. The third-order valence-corrected chi connectivity index (χ3v) is 3.24. The number of hydrogen-bond donors (Lipinski definition) is 0. The van der Waals surface area contributed by atoms with E-state index in [9.17, 15) is 4.57 Å². The molecule has 0 fully saturated rings. The van der Waals surface area contributed by atoms with Gasteiger partial charge in [-0.25, -0.2) is 0 Å². The maximum atomic E-state index is 11.4. The molecule has 0 atom stereocenters. The summed E-state index contributed by atoms with van der Waals surface area (Å²) in [7, 11) is -1.73. The first kappa shape index (κ1) is 19.1. The monoisotopic (exact) mass is 304 g/mol. The van der Waals surface area contributed by atoms with E-state index in [1.165, 1.54) is 0 Å². The van der Waals surface area contributed by atoms with Crippen molar-refractivity contribution in [2.75, 3.05) is 60.0 Å². The van der Waals surface area contributed by atoms with Gasteiger partial charge in [-0.15, -0.1) is 12.8 Å². The molecule has 20 heavy (non-hydrogen) atoms. The molecule has 0 aliphatic carbocycles. The molecule has 0 saturated heterocycles. The smallest absolute Gasteiger partial charge is 0.344 e. The van der Waals surface area contributed by atoms with Crippen LogP contribution in [0.25, 0.3) is 0 Å². The van der Waals surface area contributed by atoms with Gasteiger partial charge in [-0.05, 0) is 11.3 Å². The summed E-state index contributed by atoms with van der Waals surface area (Å²) in [4.78, 5) is 0. The number of terminal acetylenes is 2. The van der Waals surface area contributed by atoms with Crippen molar-refractivity contribution in [2.45, 2.75) is 0 Å². The zero-order valence-corrected chi connectivity index (χ0v) is 12.6. The second-order valence-corrected chi connectivity index (χ2v) is 5.35. The molecular weight excluding hydrogens is 283 g/mol. The molecule has 0 heterocycles. The Balaban J connectivity index is 3.24. The molecule has 0 radical (unpaired) electrons. The van der Waals surface area contributed by atoms with Gasteiger partial charge < -0.3 is 23.5 Å². The van der Waals surface area contributed by atoms with Gasteiger partial charge in [0.25, 0.3) is 0 Å². The molecule has 7 heteroatoms. The van der Waals surface area contributed by atoms with Crippen LogP contribution in [0.1, 0.15) is 0 Å². The zero-order chi connectivity index (χ0) is 15.1. The lowest BCUT2D eigenvalue weighted by Crippen LogP contribution is -2.12. The van der Waals surface area contributed by atoms with Crippen LogP contribution in [-0.2, 0) is 28.0 Å². The van der Waals surface area contributed by atoms with Crippen LogP contribution in [0.5, 0.6) is 0 Å². The fourth-order valence-corrected chi connectivity index (χ4v) is 1.58. The van der Waals surface area contributed by atoms with Crippen molar-refractivity contribution in [3.63, 3.8) is 0 Å². The van der Waals surface area contributed by atoms with Gasteiger partial charge in [0.1, 0.15) is 0 Å². The van der Waals surface area contributed by atoms with E-state index in [1.54, 1.807) is 7.11 Å². The average Bonchev–Trinajstić information content (AvgIpc) is 2.48. The van der Waals surface area contributed by atoms with E-state index in [2.05, 4.69) is 0 Å². The summed E-state index contributed by atoms with van der Waals surface area (Å²) in [5, 5.41) is 0. The Bertz CT molecular complexity index is 339. The second kappa shape index (κ2) is 13.1. The second-order valence-electron chi connectivity index (χ2n) is 3.47. The van der Waals surface area contributed by atoms with E-state index in [4.69, 9.17) is 36.3 Å². The highest BCUT2D eigenvalue weighted by Crippen LogP contribution is 2.43. The molecule has 6 nitrogen and oxygen atoms in total. The number of ether oxygens (including phenoxy) is 4. The Morgan fingerprint density at radius 2 is 1.20 bits per heavy atom. The summed E-state index contributed by atoms with van der Waals surface area (Å²) in [5.41, 5.74) is 3.92. The Morgan fingerprint density at radius 1 is 0.800 bits per heavy atom. The maximum absolute atomic E-state index is 11.4. The van der Waals surface area contributed by atoms with Crippen molar-refractivity contribution in [1.29, 1.82) is 0 Å². The molecule has 0 unspecified atom stereocenters. The first-order chi connectivity index (χ1) is 9.68. The highest BCUT2D eigenvalue weighted by atomic mass is 31.2. The third-order valence-electron chi connectivity index (χ3n) is 2.02. The first-order valence-electron chi connectivity index (χ1n) is 6.11. The number of hydrogen-bond acceptors (Lipinski definition) is 6. The molecule has 0 aromatic heterocycles. The fraction of sp³-hybridized carbons (Fsp3) is 0.692. The van der Waals surface area contributed by atoms with Gasteiger partial charge in [-0.1, -0.05) is 0 Å². The summed E-state index contributed by atoms with van der Waals surface area (Å²) in [6.45, 7) is 3.31. The number of methoxy groups -OCH3 is 1. The lowest BCUT2D eigenvalue weighted by Gasteiger charge is -2.08. The lowest BCUT2D eigenvalue weighted by atomic mass is 10.7. The molecule has 114 valence electrons. The quantitative estimate of drug-likeness (QED) is 0.289. The summed E-state index contributed by atoms with van der Waals surface area (Å²) in [6, 6.07) is 0. The van der Waals surface area contributed by atoms with Gasteiger partial charge in [0.05, 0.1) is 52.9 Å². The van der Waals surface area contributed by atoms with E-state index in [0.717, 1.165) is 0 Å². The SMILES string of the molecule is C#CP(=O)(C#C)OCCOCCOCCOCCOC. The van der Waals surface area contributed by atoms with Gasteiger partial charge in [0, 0.05) is 7.11 Å². The number of rotatable bonds is 13. The molecule has 0 saturated carbocycles. The molecular formula is C13H21O6P. The van der Waals surface area contributed by atoms with E-state index < -0.39 is 7.37 Å². The molecule has 0 rings (SSSR count). The molecule has 0 amide bonds. The van der Waals surface area contributed by atoms with Crippen LogP contribution in [0.4, 0.5) is 0 Å². The van der Waals surface area contributed by atoms with Crippen molar-refractivity contribution in [3.05, 3.63) is 0 Å². The molecule has 0 aromatic rings. The Morgan fingerprint density at radius 3 is 1.60 bits per heavy atom. The first-order valence-corrected chi connectivity index (χ1v) is 7.73. The van der Waals surface area contributed by atoms with Crippen LogP contribution in [0.15, 0.2) is 0 Å². The summed E-state index contributed by atoms with van der Waals surface area (Å²) in [5.74, 6) is 0. The fourth-order valence-electron chi connectivity index (χ4n) is 1.02. The summed E-state index contributed by atoms with van der Waals surface area (Å²) >= 11 is 0. The molecule has 0 aromatic carbocycles. The van der Waals surface area contributed by atoms with Crippen LogP contribution in [0, 0.1) is 24.2 Å². The van der Waals surface area contributed by atoms with Gasteiger partial charge in [0.2, 0.25) is 0 Å². The van der Waals surface area contributed by atoms with Crippen LogP contribution < -0.4 is 0 Å². The molecule has 0 aliphatic rings. The van der Waals surface area contributed by atoms with E-state index in [0.29, 0.717) is 39.6 Å². The third kappa shape index (κ3) is 11.0. The van der Waals surface area contributed by atoms with Crippen LogP contribution in [-0.4, -0.2) is 60.0 Å². The van der Waals surface area contributed by atoms with E-state index in [1.807, 2.05) is 11.3 Å². The largest absolute Gasteiger partial charge is 0.382 e. The Kier molecular flexibility index (Phi) is 12.6. The zero-order valence-electron chi connectivity index (χ0n) is 11.7. The van der Waals surface area contributed by atoms with Crippen LogP contribution in [0.2, 0.25) is 0 Å². The van der Waals surface area contributed by atoms with Gasteiger partial charge in [0.15, 0.2) is 0 Å². The van der Waals surface area contributed by atoms with Crippen LogP contribution in [0.3, 0.4) is 0 Å². The van der Waals surface area contributed by atoms with Crippen molar-refractivity contribution in [1.82, 2.24) is 0 Å². The van der Waals surface area contributed by atoms with Crippen molar-refractivity contribution < 1.29 is 28.0 Å². The predicted octanol–water partition coefficient (Wildman–Crippen LogP) is 1.16. The van der Waals surface area contributed by atoms with Gasteiger partial charge in [-0.3, -0.25) is 4.57 Å². The van der Waals surface area contributed by atoms with Crippen LogP contribution >= 0.6 is 7.37 Å². The molecule has 0 spiro atoms. The molecule has 0 N–H and O–H groups in total. The minimum Gasteiger partial charge on any atom is -0.382 e. The lowest BCUT2D eigenvalue weighted by molar-refractivity contribution is 0.000414. The average molecular weight is 304 g/mol. The van der Waals surface area contributed by atoms with E-state index >= 15 is 0 Å². The van der Waals surface area contributed by atoms with Gasteiger partial charge in [-0.2, -0.15) is 0 Å². The summed E-state index contributed by atoms with van der Waals surface area (Å²) in [6.07, 6.45) is 9.99. The normalized spacial score (nSPS) is 10.9. The Labute approximate surface area is 120 Å². The van der Waals surface area contributed by atoms with Crippen molar-refractivity contribution in [2.24, 2.45) is 0 Å². The highest BCUT2D eigenvalue weighted by molar-refractivity contribution is 7.69. The van der Waals surface area contributed by atoms with Crippen molar-refractivity contribution in [3.8, 4) is 24.2 Å². The maximum Gasteiger partial charge on any atom is 0.344 e. The molecule has 0 bridgehead atoms. The van der Waals surface area contributed by atoms with Gasteiger partial charge >= 0.3 is 7.37 Å². The minimum atomic E-state index is -3.34.